The summed E-state index contributed by atoms with van der Waals surface area (Å²) in [6.45, 7) is 24.3. The number of hydrogen-bond donors (Lipinski definition) is 1. The summed E-state index contributed by atoms with van der Waals surface area (Å²) in [5.74, 6) is 0.320. The molecule has 8 aromatic rings. The zero-order valence-corrected chi connectivity index (χ0v) is 40.3. The summed E-state index contributed by atoms with van der Waals surface area (Å²) < 4.78 is 2.66. The second-order valence-corrected chi connectivity index (χ2v) is 22.6. The number of fused-ring (bicyclic) bond motifs is 7. The van der Waals surface area contributed by atoms with Gasteiger partial charge in [-0.1, -0.05) is 154 Å². The van der Waals surface area contributed by atoms with Crippen molar-refractivity contribution in [2.75, 3.05) is 10.2 Å². The normalized spacial score (nSPS) is 17.3. The molecule has 1 aromatic heterocycles. The lowest BCUT2D eigenvalue weighted by Crippen LogP contribution is -2.41. The van der Waals surface area contributed by atoms with Crippen molar-refractivity contribution in [2.45, 2.75) is 122 Å². The largest absolute Gasteiger partial charge is 0.355 e. The molecule has 3 aliphatic rings. The molecule has 3 nitrogen and oxygen atoms in total. The van der Waals surface area contributed by atoms with E-state index in [2.05, 4.69) is 224 Å². The topological polar surface area (TPSA) is 20.2 Å². The summed E-state index contributed by atoms with van der Waals surface area (Å²) in [7, 11) is 0.878. The number of nitrogens with zero attached hydrogens (tertiary/aromatic N) is 2. The van der Waals surface area contributed by atoms with Crippen LogP contribution >= 0.6 is 0 Å². The second kappa shape index (κ2) is 14.8. The number of hydrogen-bond acceptors (Lipinski definition) is 2. The molecule has 0 saturated carbocycles. The fourth-order valence-corrected chi connectivity index (χ4v) is 12.0. The minimum absolute atomic E-state index is 0.0930. The van der Waals surface area contributed by atoms with E-state index in [1.807, 2.05) is 0 Å². The smallest absolute Gasteiger partial charge is 0.198 e. The van der Waals surface area contributed by atoms with E-state index in [1.54, 1.807) is 0 Å². The predicted molar refractivity (Wildman–Crippen MR) is 282 cm³/mol. The Hall–Kier alpha value is -6.00. The van der Waals surface area contributed by atoms with E-state index in [9.17, 15) is 0 Å². The van der Waals surface area contributed by atoms with Crippen LogP contribution in [0.4, 0.5) is 28.4 Å². The summed E-state index contributed by atoms with van der Waals surface area (Å²) >= 11 is 0. The Morgan fingerprint density at radius 3 is 1.74 bits per heavy atom. The molecule has 2 aliphatic carbocycles. The Balaban J connectivity index is 1.19. The first-order valence-corrected chi connectivity index (χ1v) is 24.3. The van der Waals surface area contributed by atoms with Gasteiger partial charge in [-0.2, -0.15) is 0 Å². The molecular formula is C61H64BN3. The summed E-state index contributed by atoms with van der Waals surface area (Å²) in [6, 6.07) is 52.9. The Morgan fingerprint density at radius 2 is 1.11 bits per heavy atom. The van der Waals surface area contributed by atoms with Crippen LogP contribution < -0.4 is 21.1 Å². The zero-order valence-electron chi connectivity index (χ0n) is 40.3. The molecule has 65 heavy (non-hydrogen) atoms. The highest BCUT2D eigenvalue weighted by atomic mass is 15.1. The minimum atomic E-state index is 0.0930. The highest BCUT2D eigenvalue weighted by molar-refractivity contribution is 6.73. The van der Waals surface area contributed by atoms with E-state index in [0.29, 0.717) is 5.92 Å². The number of benzene rings is 7. The van der Waals surface area contributed by atoms with Crippen molar-refractivity contribution >= 4 is 68.4 Å². The van der Waals surface area contributed by atoms with Crippen molar-refractivity contribution in [3.05, 3.63) is 167 Å². The van der Waals surface area contributed by atoms with Crippen LogP contribution in [0.25, 0.3) is 38.6 Å². The average molecular weight is 850 g/mol. The SMILES string of the molecule is CC(C)c1cc(-c2ccc(N(c3ccccc3)c3ccccc3)cc2Nc2ccc3c(c2)C(C)(C)CCC3(C)C)c2c3c1c1ccccc1n3-c1cc3c(cc1B2)C(C)(C)CCC3(C)C. The quantitative estimate of drug-likeness (QED) is 0.161. The average Bonchev–Trinajstić information content (AvgIpc) is 3.64. The molecule has 0 radical (unpaired) electrons. The molecule has 0 spiro atoms. The summed E-state index contributed by atoms with van der Waals surface area (Å²) in [6.07, 6.45) is 4.77. The first-order chi connectivity index (χ1) is 31.0. The molecule has 0 fully saturated rings. The molecule has 1 aliphatic heterocycles. The van der Waals surface area contributed by atoms with Crippen molar-refractivity contribution in [1.29, 1.82) is 0 Å². The van der Waals surface area contributed by atoms with E-state index >= 15 is 0 Å². The first kappa shape index (κ1) is 41.7. The maximum atomic E-state index is 4.14. The summed E-state index contributed by atoms with van der Waals surface area (Å²) in [4.78, 5) is 2.39. The molecular weight excluding hydrogens is 786 g/mol. The lowest BCUT2D eigenvalue weighted by Gasteiger charge is -2.43. The first-order valence-electron chi connectivity index (χ1n) is 24.3. The molecule has 0 atom stereocenters. The highest BCUT2D eigenvalue weighted by Gasteiger charge is 2.40. The van der Waals surface area contributed by atoms with E-state index in [0.717, 1.165) is 35.7 Å². The second-order valence-electron chi connectivity index (χ2n) is 22.6. The van der Waals surface area contributed by atoms with Gasteiger partial charge in [-0.15, -0.1) is 0 Å². The van der Waals surface area contributed by atoms with E-state index in [4.69, 9.17) is 0 Å². The van der Waals surface area contributed by atoms with Gasteiger partial charge in [0.1, 0.15) is 0 Å². The number of rotatable bonds is 7. The molecule has 1 N–H and O–H groups in total. The van der Waals surface area contributed by atoms with Gasteiger partial charge in [-0.25, -0.2) is 0 Å². The van der Waals surface area contributed by atoms with Crippen molar-refractivity contribution in [1.82, 2.24) is 4.57 Å². The van der Waals surface area contributed by atoms with Crippen molar-refractivity contribution in [2.24, 2.45) is 0 Å². The monoisotopic (exact) mass is 850 g/mol. The maximum absolute atomic E-state index is 4.14. The third kappa shape index (κ3) is 6.68. The van der Waals surface area contributed by atoms with E-state index in [-0.39, 0.29) is 21.7 Å². The van der Waals surface area contributed by atoms with Gasteiger partial charge in [-0.05, 0) is 153 Å². The van der Waals surface area contributed by atoms with Gasteiger partial charge in [0.05, 0.1) is 5.52 Å². The number of anilines is 5. The van der Waals surface area contributed by atoms with E-state index in [1.165, 1.54) is 103 Å². The number of para-hydroxylation sites is 3. The number of aromatic nitrogens is 1. The summed E-state index contributed by atoms with van der Waals surface area (Å²) in [5.41, 5.74) is 22.9. The molecule has 4 heteroatoms. The lowest BCUT2D eigenvalue weighted by molar-refractivity contribution is 0.332. The molecule has 2 heterocycles. The van der Waals surface area contributed by atoms with Crippen LogP contribution in [0, 0.1) is 0 Å². The fraction of sp³-hybridized carbons (Fsp3) is 0.311. The Morgan fingerprint density at radius 1 is 0.538 bits per heavy atom. The molecule has 0 saturated heterocycles. The molecule has 0 unspecified atom stereocenters. The third-order valence-corrected chi connectivity index (χ3v) is 16.1. The number of nitrogens with one attached hydrogen (secondary N) is 1. The fourth-order valence-electron chi connectivity index (χ4n) is 12.0. The molecule has 7 aromatic carbocycles. The van der Waals surface area contributed by atoms with Crippen LogP contribution in [0.5, 0.6) is 0 Å². The van der Waals surface area contributed by atoms with Gasteiger partial charge in [-0.3, -0.25) is 0 Å². The highest BCUT2D eigenvalue weighted by Crippen LogP contribution is 2.50. The Kier molecular flexibility index (Phi) is 9.47. The Bertz CT molecular complexity index is 3140. The van der Waals surface area contributed by atoms with Crippen LogP contribution in [-0.4, -0.2) is 11.8 Å². The standard InChI is InChI=1S/C61H64BN3/c1-38(2)45-35-46(56-57-55(45)44-23-17-18-24-53(44)65(57)54-37-50-49(36-51(54)62-56)60(7,8)31-32-61(50,9)10)43-27-26-42(64(40-19-13-11-14-20-40)41-21-15-12-16-22-41)34-52(43)63-39-25-28-47-48(33-39)59(5,6)30-29-58(47,3)4/h11-28,33-38,62-63H,29-32H2,1-10H3. The molecule has 11 rings (SSSR count). The zero-order chi connectivity index (χ0) is 45.2. The van der Waals surface area contributed by atoms with Crippen LogP contribution in [0.15, 0.2) is 140 Å². The van der Waals surface area contributed by atoms with Gasteiger partial charge in [0, 0.05) is 56.0 Å². The van der Waals surface area contributed by atoms with Gasteiger partial charge in [0.25, 0.3) is 0 Å². The van der Waals surface area contributed by atoms with Crippen molar-refractivity contribution in [3.8, 4) is 16.8 Å². The van der Waals surface area contributed by atoms with Crippen molar-refractivity contribution < 1.29 is 0 Å². The van der Waals surface area contributed by atoms with Crippen LogP contribution in [0.2, 0.25) is 0 Å². The lowest BCUT2D eigenvalue weighted by atomic mass is 9.55. The van der Waals surface area contributed by atoms with Gasteiger partial charge in [0.15, 0.2) is 7.28 Å². The van der Waals surface area contributed by atoms with Crippen LogP contribution in [0.1, 0.15) is 129 Å². The third-order valence-electron chi connectivity index (χ3n) is 16.1. The maximum Gasteiger partial charge on any atom is 0.198 e. The van der Waals surface area contributed by atoms with Gasteiger partial charge in [0.2, 0.25) is 0 Å². The molecule has 0 amide bonds. The molecule has 326 valence electrons. The minimum Gasteiger partial charge on any atom is -0.355 e. The predicted octanol–water partition coefficient (Wildman–Crippen LogP) is 15.2. The molecule has 0 bridgehead atoms. The van der Waals surface area contributed by atoms with E-state index < -0.39 is 0 Å². The van der Waals surface area contributed by atoms with Gasteiger partial charge < -0.3 is 14.8 Å². The Labute approximate surface area is 388 Å². The van der Waals surface area contributed by atoms with Crippen molar-refractivity contribution in [3.63, 3.8) is 0 Å². The van der Waals surface area contributed by atoms with Gasteiger partial charge >= 0.3 is 0 Å². The summed E-state index contributed by atoms with van der Waals surface area (Å²) in [5, 5.41) is 6.89. The van der Waals surface area contributed by atoms with Crippen LogP contribution in [0.3, 0.4) is 0 Å². The van der Waals surface area contributed by atoms with Crippen LogP contribution in [-0.2, 0) is 21.7 Å².